The Balaban J connectivity index is 1.44. The molecule has 0 unspecified atom stereocenters. The number of ether oxygens (including phenoxy) is 3. The highest BCUT2D eigenvalue weighted by molar-refractivity contribution is 6.01. The second-order valence-electron chi connectivity index (χ2n) is 11.0. The van der Waals surface area contributed by atoms with Crippen molar-refractivity contribution in [3.63, 3.8) is 0 Å². The molecule has 2 aliphatic rings. The average Bonchev–Trinajstić information content (AvgIpc) is 3.24. The number of para-hydroxylation sites is 1. The van der Waals surface area contributed by atoms with Crippen molar-refractivity contribution in [1.29, 1.82) is 0 Å². The minimum atomic E-state index is -0.325. The molecule has 2 aliphatic heterocycles. The van der Waals surface area contributed by atoms with Crippen LogP contribution < -0.4 is 9.47 Å². The lowest BCUT2D eigenvalue weighted by Crippen LogP contribution is -2.47. The van der Waals surface area contributed by atoms with Crippen molar-refractivity contribution in [2.24, 2.45) is 5.92 Å². The van der Waals surface area contributed by atoms with Crippen LogP contribution in [-0.4, -0.2) is 72.9 Å². The number of nitrogens with zero attached hydrogens (tertiary/aromatic N) is 2. The molecule has 1 amide bonds. The molecule has 212 valence electrons. The van der Waals surface area contributed by atoms with Crippen LogP contribution in [0, 0.1) is 5.92 Å². The Morgan fingerprint density at radius 2 is 1.70 bits per heavy atom. The van der Waals surface area contributed by atoms with Crippen molar-refractivity contribution >= 4 is 5.91 Å². The van der Waals surface area contributed by atoms with E-state index in [0.29, 0.717) is 45.0 Å². The molecule has 40 heavy (non-hydrogen) atoms. The van der Waals surface area contributed by atoms with Crippen molar-refractivity contribution in [2.75, 3.05) is 40.0 Å². The quantitative estimate of drug-likeness (QED) is 0.471. The van der Waals surface area contributed by atoms with Crippen LogP contribution in [0.1, 0.15) is 41.8 Å². The maximum Gasteiger partial charge on any atom is 0.254 e. The first-order chi connectivity index (χ1) is 19.5. The van der Waals surface area contributed by atoms with E-state index in [4.69, 9.17) is 14.2 Å². The van der Waals surface area contributed by atoms with Gasteiger partial charge in [-0.15, -0.1) is 0 Å². The molecule has 0 radical (unpaired) electrons. The van der Waals surface area contributed by atoms with Crippen molar-refractivity contribution in [1.82, 2.24) is 9.80 Å². The number of likely N-dealkylation sites (N-methyl/N-ethyl adjacent to an activating group) is 1. The molecule has 7 nitrogen and oxygen atoms in total. The third kappa shape index (κ3) is 6.17. The smallest absolute Gasteiger partial charge is 0.254 e. The molecule has 0 fully saturated rings. The van der Waals surface area contributed by atoms with E-state index in [2.05, 4.69) is 37.1 Å². The van der Waals surface area contributed by atoms with Crippen LogP contribution >= 0.6 is 0 Å². The zero-order chi connectivity index (χ0) is 28.1. The number of amides is 1. The van der Waals surface area contributed by atoms with Gasteiger partial charge in [0.05, 0.1) is 38.6 Å². The Morgan fingerprint density at radius 1 is 0.975 bits per heavy atom. The summed E-state index contributed by atoms with van der Waals surface area (Å²) in [4.78, 5) is 18.0. The Hall–Kier alpha value is -3.39. The Morgan fingerprint density at radius 3 is 2.50 bits per heavy atom. The van der Waals surface area contributed by atoms with Crippen LogP contribution in [0.15, 0.2) is 66.7 Å². The van der Waals surface area contributed by atoms with Crippen LogP contribution in [0.4, 0.5) is 0 Å². The molecule has 5 rings (SSSR count). The highest BCUT2D eigenvalue weighted by Crippen LogP contribution is 2.34. The monoisotopic (exact) mass is 544 g/mol. The Kier molecular flexibility index (Phi) is 9.04. The van der Waals surface area contributed by atoms with E-state index in [1.54, 1.807) is 4.90 Å². The zero-order valence-electron chi connectivity index (χ0n) is 23.7. The van der Waals surface area contributed by atoms with E-state index in [0.717, 1.165) is 40.2 Å². The maximum atomic E-state index is 14.0. The lowest BCUT2D eigenvalue weighted by Gasteiger charge is -2.35. The minimum absolute atomic E-state index is 0.0188. The second kappa shape index (κ2) is 12.9. The molecule has 0 aliphatic carbocycles. The molecule has 0 bridgehead atoms. The fourth-order valence-electron chi connectivity index (χ4n) is 5.59. The SMILES string of the molecule is C[C@H](CO)N1C[C@H](C)[C@H](CN(C)Cc2cccc3c2OCCCO3)OCc2ccccc2-c2ccccc2C1=O. The number of benzene rings is 3. The summed E-state index contributed by atoms with van der Waals surface area (Å²) in [5.41, 5.74) is 4.65. The molecule has 3 aromatic carbocycles. The van der Waals surface area contributed by atoms with E-state index < -0.39 is 0 Å². The number of hydrogen-bond acceptors (Lipinski definition) is 6. The highest BCUT2D eigenvalue weighted by Gasteiger charge is 2.31. The van der Waals surface area contributed by atoms with E-state index in [9.17, 15) is 9.90 Å². The lowest BCUT2D eigenvalue weighted by molar-refractivity contribution is -0.0241. The first kappa shape index (κ1) is 28.1. The summed E-state index contributed by atoms with van der Waals surface area (Å²) < 4.78 is 18.6. The summed E-state index contributed by atoms with van der Waals surface area (Å²) >= 11 is 0. The van der Waals surface area contributed by atoms with Gasteiger partial charge < -0.3 is 24.2 Å². The molecule has 1 N–H and O–H groups in total. The van der Waals surface area contributed by atoms with Crippen LogP contribution in [0.3, 0.4) is 0 Å². The lowest BCUT2D eigenvalue weighted by atomic mass is 9.94. The number of rotatable bonds is 6. The number of aliphatic hydroxyl groups excluding tert-OH is 1. The van der Waals surface area contributed by atoms with Crippen LogP contribution in [-0.2, 0) is 17.9 Å². The molecular formula is C33H40N2O5. The Bertz CT molecular complexity index is 1310. The largest absolute Gasteiger partial charge is 0.490 e. The van der Waals surface area contributed by atoms with Crippen LogP contribution in [0.25, 0.3) is 11.1 Å². The van der Waals surface area contributed by atoms with Crippen molar-refractivity contribution in [3.05, 3.63) is 83.4 Å². The molecule has 3 aromatic rings. The predicted octanol–water partition coefficient (Wildman–Crippen LogP) is 5.00. The van der Waals surface area contributed by atoms with E-state index in [1.807, 2.05) is 55.5 Å². The average molecular weight is 545 g/mol. The molecule has 7 heteroatoms. The summed E-state index contributed by atoms with van der Waals surface area (Å²) in [6.07, 6.45) is 0.712. The number of aliphatic hydroxyl groups is 1. The molecule has 2 heterocycles. The van der Waals surface area contributed by atoms with Gasteiger partial charge in [-0.25, -0.2) is 0 Å². The highest BCUT2D eigenvalue weighted by atomic mass is 16.5. The second-order valence-corrected chi connectivity index (χ2v) is 11.0. The topological polar surface area (TPSA) is 71.5 Å². The van der Waals surface area contributed by atoms with Crippen molar-refractivity contribution in [3.8, 4) is 22.6 Å². The third-order valence-corrected chi connectivity index (χ3v) is 7.88. The van der Waals surface area contributed by atoms with Gasteiger partial charge in [0.15, 0.2) is 11.5 Å². The summed E-state index contributed by atoms with van der Waals surface area (Å²) in [6, 6.07) is 21.6. The van der Waals surface area contributed by atoms with Crippen LogP contribution in [0.2, 0.25) is 0 Å². The van der Waals surface area contributed by atoms with Gasteiger partial charge in [0.25, 0.3) is 5.91 Å². The van der Waals surface area contributed by atoms with Gasteiger partial charge in [-0.3, -0.25) is 9.69 Å². The van der Waals surface area contributed by atoms with E-state index >= 15 is 0 Å². The molecule has 0 saturated carbocycles. The van der Waals surface area contributed by atoms with Gasteiger partial charge in [-0.05, 0) is 42.8 Å². The van der Waals surface area contributed by atoms with Crippen molar-refractivity contribution in [2.45, 2.75) is 45.6 Å². The number of carbonyl (C=O) groups excluding carboxylic acids is 1. The summed E-state index contributed by atoms with van der Waals surface area (Å²) in [5.74, 6) is 1.57. The molecule has 3 atom stereocenters. The number of fused-ring (bicyclic) bond motifs is 4. The first-order valence-corrected chi connectivity index (χ1v) is 14.2. The van der Waals surface area contributed by atoms with E-state index in [1.165, 1.54) is 0 Å². The Labute approximate surface area is 237 Å². The number of hydrogen-bond donors (Lipinski definition) is 1. The molecular weight excluding hydrogens is 504 g/mol. The zero-order valence-corrected chi connectivity index (χ0v) is 23.7. The van der Waals surface area contributed by atoms with Gasteiger partial charge in [0.1, 0.15) is 0 Å². The van der Waals surface area contributed by atoms with Crippen molar-refractivity contribution < 1.29 is 24.1 Å². The van der Waals surface area contributed by atoms with Gasteiger partial charge in [0.2, 0.25) is 0 Å². The first-order valence-electron chi connectivity index (χ1n) is 14.2. The number of carbonyl (C=O) groups is 1. The fourth-order valence-corrected chi connectivity index (χ4v) is 5.59. The van der Waals surface area contributed by atoms with E-state index in [-0.39, 0.29) is 30.6 Å². The molecule has 0 spiro atoms. The van der Waals surface area contributed by atoms with Gasteiger partial charge in [0, 0.05) is 43.1 Å². The standard InChI is InChI=1S/C33H40N2O5/c1-23-18-35(24(2)21-36)33(37)29-14-7-6-13-28(29)27-12-5-4-10-26(27)22-40-31(23)20-34(3)19-25-11-8-15-30-32(25)39-17-9-16-38-30/h4-8,10-15,23-24,31,36H,9,16-22H2,1-3H3/t23-,24+,31-/m0/s1. The minimum Gasteiger partial charge on any atom is -0.490 e. The van der Waals surface area contributed by atoms with Gasteiger partial charge in [-0.2, -0.15) is 0 Å². The van der Waals surface area contributed by atoms with Gasteiger partial charge in [-0.1, -0.05) is 61.5 Å². The maximum absolute atomic E-state index is 14.0. The van der Waals surface area contributed by atoms with Gasteiger partial charge >= 0.3 is 0 Å². The fraction of sp³-hybridized carbons (Fsp3) is 0.424. The van der Waals surface area contributed by atoms with Crippen LogP contribution in [0.5, 0.6) is 11.5 Å². The summed E-state index contributed by atoms with van der Waals surface area (Å²) in [7, 11) is 2.08. The summed E-state index contributed by atoms with van der Waals surface area (Å²) in [5, 5.41) is 10.1. The normalized spacial score (nSPS) is 20.2. The molecule has 0 aromatic heterocycles. The third-order valence-electron chi connectivity index (χ3n) is 7.88. The predicted molar refractivity (Wildman–Crippen MR) is 156 cm³/mol. The summed E-state index contributed by atoms with van der Waals surface area (Å²) in [6.45, 7) is 7.47. The molecule has 0 saturated heterocycles.